The van der Waals surface area contributed by atoms with E-state index >= 15 is 0 Å². The second-order valence-electron chi connectivity index (χ2n) is 5.99. The standard InChI is InChI=1S/C16H26FN3/c1-4-18-16(15-6-5-14(17)10-19-15)7-8-20-11-12(2)9-13(20)3/h5-6,10,12-13,16,18H,4,7-9,11H2,1-3H3. The number of hydrogen-bond donors (Lipinski definition) is 1. The van der Waals surface area contributed by atoms with Crippen LogP contribution < -0.4 is 5.32 Å². The van der Waals surface area contributed by atoms with Crippen LogP contribution in [0.1, 0.15) is 45.3 Å². The Kier molecular flexibility index (Phi) is 5.49. The van der Waals surface area contributed by atoms with Crippen molar-refractivity contribution in [1.82, 2.24) is 15.2 Å². The van der Waals surface area contributed by atoms with Gasteiger partial charge in [-0.25, -0.2) is 4.39 Å². The number of nitrogens with zero attached hydrogens (tertiary/aromatic N) is 2. The molecule has 0 radical (unpaired) electrons. The minimum absolute atomic E-state index is 0.212. The quantitative estimate of drug-likeness (QED) is 0.867. The lowest BCUT2D eigenvalue weighted by atomic mass is 10.1. The molecule has 1 N–H and O–H groups in total. The number of nitrogens with one attached hydrogen (secondary N) is 1. The Labute approximate surface area is 121 Å². The summed E-state index contributed by atoms with van der Waals surface area (Å²) in [6.45, 7) is 9.88. The number of aromatic nitrogens is 1. The maximum Gasteiger partial charge on any atom is 0.141 e. The van der Waals surface area contributed by atoms with Gasteiger partial charge in [0, 0.05) is 19.1 Å². The average molecular weight is 279 g/mol. The molecule has 0 aliphatic carbocycles. The van der Waals surface area contributed by atoms with Gasteiger partial charge >= 0.3 is 0 Å². The second-order valence-corrected chi connectivity index (χ2v) is 5.99. The Morgan fingerprint density at radius 3 is 2.80 bits per heavy atom. The van der Waals surface area contributed by atoms with Crippen molar-refractivity contribution in [1.29, 1.82) is 0 Å². The summed E-state index contributed by atoms with van der Waals surface area (Å²) in [5.41, 5.74) is 0.938. The van der Waals surface area contributed by atoms with Gasteiger partial charge in [0.15, 0.2) is 0 Å². The molecule has 0 amide bonds. The molecular formula is C16H26FN3. The molecule has 0 saturated carbocycles. The van der Waals surface area contributed by atoms with E-state index in [9.17, 15) is 4.39 Å². The fourth-order valence-electron chi connectivity index (χ4n) is 3.19. The van der Waals surface area contributed by atoms with Crippen LogP contribution in [-0.4, -0.2) is 35.6 Å². The molecular weight excluding hydrogens is 253 g/mol. The smallest absolute Gasteiger partial charge is 0.141 e. The van der Waals surface area contributed by atoms with E-state index in [1.807, 2.05) is 0 Å². The summed E-state index contributed by atoms with van der Waals surface area (Å²) in [7, 11) is 0. The first-order valence-electron chi connectivity index (χ1n) is 7.69. The largest absolute Gasteiger partial charge is 0.309 e. The number of halogens is 1. The van der Waals surface area contributed by atoms with Crippen LogP contribution in [-0.2, 0) is 0 Å². The molecule has 0 spiro atoms. The summed E-state index contributed by atoms with van der Waals surface area (Å²) in [5, 5.41) is 3.46. The Bertz CT molecular complexity index is 407. The van der Waals surface area contributed by atoms with E-state index in [2.05, 4.69) is 36.0 Å². The molecule has 3 atom stereocenters. The number of rotatable bonds is 6. The second kappa shape index (κ2) is 7.14. The SMILES string of the molecule is CCNC(CCN1CC(C)CC1C)c1ccc(F)cn1. The van der Waals surface area contributed by atoms with Crippen LogP contribution in [0.3, 0.4) is 0 Å². The topological polar surface area (TPSA) is 28.2 Å². The van der Waals surface area contributed by atoms with Crippen LogP contribution in [0, 0.1) is 11.7 Å². The molecule has 2 rings (SSSR count). The van der Waals surface area contributed by atoms with E-state index in [1.165, 1.54) is 25.2 Å². The third-order valence-electron chi connectivity index (χ3n) is 4.18. The van der Waals surface area contributed by atoms with Gasteiger partial charge in [-0.15, -0.1) is 0 Å². The Hall–Kier alpha value is -1.00. The summed E-state index contributed by atoms with van der Waals surface area (Å²) in [4.78, 5) is 6.77. The number of pyridine rings is 1. The maximum absolute atomic E-state index is 13.0. The minimum atomic E-state index is -0.272. The Balaban J connectivity index is 1.94. The Morgan fingerprint density at radius 2 is 2.25 bits per heavy atom. The zero-order valence-electron chi connectivity index (χ0n) is 12.8. The minimum Gasteiger partial charge on any atom is -0.309 e. The average Bonchev–Trinajstić information content (AvgIpc) is 2.74. The van der Waals surface area contributed by atoms with Gasteiger partial charge < -0.3 is 10.2 Å². The summed E-state index contributed by atoms with van der Waals surface area (Å²) in [5.74, 6) is 0.525. The van der Waals surface area contributed by atoms with Gasteiger partial charge in [-0.3, -0.25) is 4.98 Å². The van der Waals surface area contributed by atoms with Crippen LogP contribution in [0.15, 0.2) is 18.3 Å². The molecule has 3 nitrogen and oxygen atoms in total. The summed E-state index contributed by atoms with van der Waals surface area (Å²) >= 11 is 0. The van der Waals surface area contributed by atoms with Crippen LogP contribution in [0.4, 0.5) is 4.39 Å². The summed E-state index contributed by atoms with van der Waals surface area (Å²) in [6, 6.07) is 4.17. The van der Waals surface area contributed by atoms with Crippen molar-refractivity contribution < 1.29 is 4.39 Å². The summed E-state index contributed by atoms with van der Waals surface area (Å²) in [6.07, 6.45) is 3.62. The zero-order chi connectivity index (χ0) is 14.5. The van der Waals surface area contributed by atoms with Crippen LogP contribution >= 0.6 is 0 Å². The lowest BCUT2D eigenvalue weighted by molar-refractivity contribution is 0.248. The van der Waals surface area contributed by atoms with Crippen molar-refractivity contribution in [2.75, 3.05) is 19.6 Å². The van der Waals surface area contributed by atoms with E-state index in [1.54, 1.807) is 6.07 Å². The van der Waals surface area contributed by atoms with Crippen molar-refractivity contribution in [3.05, 3.63) is 29.8 Å². The van der Waals surface area contributed by atoms with E-state index in [0.717, 1.165) is 31.1 Å². The van der Waals surface area contributed by atoms with Gasteiger partial charge in [-0.2, -0.15) is 0 Å². The molecule has 3 unspecified atom stereocenters. The molecule has 20 heavy (non-hydrogen) atoms. The molecule has 1 fully saturated rings. The predicted molar refractivity (Wildman–Crippen MR) is 80.0 cm³/mol. The van der Waals surface area contributed by atoms with Gasteiger partial charge in [-0.05, 0) is 44.4 Å². The van der Waals surface area contributed by atoms with E-state index in [0.29, 0.717) is 6.04 Å². The molecule has 1 aliphatic heterocycles. The third kappa shape index (κ3) is 4.00. The van der Waals surface area contributed by atoms with Crippen LogP contribution in [0.25, 0.3) is 0 Å². The molecule has 1 aromatic rings. The maximum atomic E-state index is 13.0. The molecule has 0 bridgehead atoms. The van der Waals surface area contributed by atoms with Gasteiger partial charge in [0.05, 0.1) is 17.9 Å². The van der Waals surface area contributed by atoms with Crippen molar-refractivity contribution in [2.24, 2.45) is 5.92 Å². The molecule has 1 saturated heterocycles. The molecule has 4 heteroatoms. The van der Waals surface area contributed by atoms with Crippen molar-refractivity contribution in [3.63, 3.8) is 0 Å². The predicted octanol–water partition coefficient (Wildman–Crippen LogP) is 2.99. The highest BCUT2D eigenvalue weighted by molar-refractivity contribution is 5.10. The molecule has 0 aromatic carbocycles. The molecule has 2 heterocycles. The first-order valence-corrected chi connectivity index (χ1v) is 7.69. The lowest BCUT2D eigenvalue weighted by Gasteiger charge is -2.24. The van der Waals surface area contributed by atoms with Gasteiger partial charge in [0.25, 0.3) is 0 Å². The molecule has 1 aliphatic rings. The number of likely N-dealkylation sites (tertiary alicyclic amines) is 1. The molecule has 112 valence electrons. The first kappa shape index (κ1) is 15.4. The van der Waals surface area contributed by atoms with Crippen LogP contribution in [0.5, 0.6) is 0 Å². The fourth-order valence-corrected chi connectivity index (χ4v) is 3.19. The van der Waals surface area contributed by atoms with Crippen molar-refractivity contribution >= 4 is 0 Å². The normalized spacial score (nSPS) is 25.0. The first-order chi connectivity index (χ1) is 9.60. The number of hydrogen-bond acceptors (Lipinski definition) is 3. The summed E-state index contributed by atoms with van der Waals surface area (Å²) < 4.78 is 13.0. The zero-order valence-corrected chi connectivity index (χ0v) is 12.8. The van der Waals surface area contributed by atoms with E-state index < -0.39 is 0 Å². The highest BCUT2D eigenvalue weighted by Gasteiger charge is 2.26. The van der Waals surface area contributed by atoms with Gasteiger partial charge in [-0.1, -0.05) is 13.8 Å². The van der Waals surface area contributed by atoms with Gasteiger partial charge in [0.1, 0.15) is 5.82 Å². The molecule has 1 aromatic heterocycles. The monoisotopic (exact) mass is 279 g/mol. The van der Waals surface area contributed by atoms with E-state index in [-0.39, 0.29) is 11.9 Å². The van der Waals surface area contributed by atoms with Crippen molar-refractivity contribution in [3.8, 4) is 0 Å². The highest BCUT2D eigenvalue weighted by atomic mass is 19.1. The fraction of sp³-hybridized carbons (Fsp3) is 0.688. The lowest BCUT2D eigenvalue weighted by Crippen LogP contribution is -2.32. The van der Waals surface area contributed by atoms with Crippen molar-refractivity contribution in [2.45, 2.75) is 45.7 Å². The van der Waals surface area contributed by atoms with Gasteiger partial charge in [0.2, 0.25) is 0 Å². The van der Waals surface area contributed by atoms with Crippen LogP contribution in [0.2, 0.25) is 0 Å². The van der Waals surface area contributed by atoms with E-state index in [4.69, 9.17) is 0 Å². The third-order valence-corrected chi connectivity index (χ3v) is 4.18. The highest BCUT2D eigenvalue weighted by Crippen LogP contribution is 2.24. The Morgan fingerprint density at radius 1 is 1.45 bits per heavy atom.